The van der Waals surface area contributed by atoms with Gasteiger partial charge in [-0.25, -0.2) is 4.98 Å². The molecule has 2 N–H and O–H groups in total. The zero-order valence-electron chi connectivity index (χ0n) is 13.2. The number of benzene rings is 1. The first-order valence-electron chi connectivity index (χ1n) is 7.12. The third kappa shape index (κ3) is 5.92. The highest BCUT2D eigenvalue weighted by Crippen LogP contribution is 2.12. The molecule has 1 heterocycles. The van der Waals surface area contributed by atoms with Crippen molar-refractivity contribution in [3.63, 3.8) is 0 Å². The predicted octanol–water partition coefficient (Wildman–Crippen LogP) is 3.54. The second kappa shape index (κ2) is 9.78. The Hall–Kier alpha value is -1.15. The molecule has 2 aromatic rings. The summed E-state index contributed by atoms with van der Waals surface area (Å²) in [6.45, 7) is 5.04. The third-order valence-corrected chi connectivity index (χ3v) is 4.15. The molecule has 6 heteroatoms. The van der Waals surface area contributed by atoms with Gasteiger partial charge < -0.3 is 10.6 Å². The molecule has 0 bridgehead atoms. The second-order valence-electron chi connectivity index (χ2n) is 4.89. The number of hydrogen-bond donors (Lipinski definition) is 2. The van der Waals surface area contributed by atoms with Crippen LogP contribution in [0.1, 0.15) is 28.4 Å². The molecule has 1 aromatic carbocycles. The number of guanidine groups is 1. The summed E-state index contributed by atoms with van der Waals surface area (Å²) in [5, 5.41) is 7.89. The van der Waals surface area contributed by atoms with Gasteiger partial charge in [0.25, 0.3) is 0 Å². The fourth-order valence-electron chi connectivity index (χ4n) is 2.03. The fraction of sp³-hybridized carbons (Fsp3) is 0.375. The van der Waals surface area contributed by atoms with Crippen LogP contribution in [0.2, 0.25) is 0 Å². The van der Waals surface area contributed by atoms with Crippen molar-refractivity contribution in [2.75, 3.05) is 13.6 Å². The average molecular weight is 430 g/mol. The average Bonchev–Trinajstić information content (AvgIpc) is 2.92. The number of thiazole rings is 1. The maximum Gasteiger partial charge on any atom is 0.191 e. The van der Waals surface area contributed by atoms with Crippen LogP contribution in [0.25, 0.3) is 0 Å². The Bertz CT molecular complexity index is 583. The Kier molecular flexibility index (Phi) is 8.40. The van der Waals surface area contributed by atoms with Crippen LogP contribution in [-0.4, -0.2) is 24.5 Å². The highest BCUT2D eigenvalue weighted by molar-refractivity contribution is 14.0. The number of rotatable bonds is 5. The summed E-state index contributed by atoms with van der Waals surface area (Å²) in [6.07, 6.45) is 2.84. The van der Waals surface area contributed by atoms with E-state index in [1.807, 2.05) is 12.3 Å². The van der Waals surface area contributed by atoms with Gasteiger partial charge in [-0.1, -0.05) is 30.3 Å². The van der Waals surface area contributed by atoms with Crippen LogP contribution in [0.15, 0.2) is 41.5 Å². The van der Waals surface area contributed by atoms with Gasteiger partial charge >= 0.3 is 0 Å². The summed E-state index contributed by atoms with van der Waals surface area (Å²) < 4.78 is 0. The first-order valence-corrected chi connectivity index (χ1v) is 7.94. The summed E-state index contributed by atoms with van der Waals surface area (Å²) in [7, 11) is 1.79. The zero-order chi connectivity index (χ0) is 15.1. The van der Waals surface area contributed by atoms with E-state index in [0.717, 1.165) is 23.9 Å². The highest BCUT2D eigenvalue weighted by atomic mass is 127. The van der Waals surface area contributed by atoms with Crippen LogP contribution < -0.4 is 10.6 Å². The lowest BCUT2D eigenvalue weighted by atomic mass is 10.1. The van der Waals surface area contributed by atoms with E-state index in [1.54, 1.807) is 18.4 Å². The topological polar surface area (TPSA) is 49.3 Å². The van der Waals surface area contributed by atoms with Gasteiger partial charge in [0.05, 0.1) is 11.0 Å². The van der Waals surface area contributed by atoms with Gasteiger partial charge in [-0.3, -0.25) is 4.99 Å². The van der Waals surface area contributed by atoms with E-state index in [-0.39, 0.29) is 30.0 Å². The lowest BCUT2D eigenvalue weighted by Crippen LogP contribution is -2.39. The largest absolute Gasteiger partial charge is 0.356 e. The van der Waals surface area contributed by atoms with Crippen LogP contribution in [-0.2, 0) is 6.42 Å². The number of nitrogens with one attached hydrogen (secondary N) is 2. The van der Waals surface area contributed by atoms with Crippen LogP contribution in [0.4, 0.5) is 0 Å². The Morgan fingerprint density at radius 1 is 1.32 bits per heavy atom. The number of aliphatic imine (C=N–C) groups is 1. The number of aryl methyl sites for hydroxylation is 1. The Morgan fingerprint density at radius 3 is 2.64 bits per heavy atom. The lowest BCUT2D eigenvalue weighted by Gasteiger charge is -2.18. The lowest BCUT2D eigenvalue weighted by molar-refractivity contribution is 0.684. The minimum atomic E-state index is 0. The molecule has 0 aliphatic heterocycles. The van der Waals surface area contributed by atoms with Crippen molar-refractivity contribution in [3.05, 3.63) is 52.0 Å². The van der Waals surface area contributed by atoms with Gasteiger partial charge in [0.15, 0.2) is 5.96 Å². The van der Waals surface area contributed by atoms with Gasteiger partial charge in [0.1, 0.15) is 0 Å². The molecule has 1 aromatic heterocycles. The Labute approximate surface area is 153 Å². The van der Waals surface area contributed by atoms with Crippen molar-refractivity contribution in [1.82, 2.24) is 15.6 Å². The van der Waals surface area contributed by atoms with E-state index in [1.165, 1.54) is 10.4 Å². The molecule has 0 radical (unpaired) electrons. The summed E-state index contributed by atoms with van der Waals surface area (Å²) in [5.41, 5.74) is 1.25. The van der Waals surface area contributed by atoms with Gasteiger partial charge in [0, 0.05) is 31.1 Å². The minimum absolute atomic E-state index is 0. The molecule has 0 saturated carbocycles. The van der Waals surface area contributed by atoms with Crippen molar-refractivity contribution >= 4 is 41.3 Å². The molecule has 0 aliphatic carbocycles. The molecule has 0 fully saturated rings. The van der Waals surface area contributed by atoms with Gasteiger partial charge in [-0.2, -0.15) is 0 Å². The van der Waals surface area contributed by atoms with E-state index in [4.69, 9.17) is 0 Å². The van der Waals surface area contributed by atoms with Crippen LogP contribution in [0, 0.1) is 6.92 Å². The maximum atomic E-state index is 4.37. The van der Waals surface area contributed by atoms with Crippen LogP contribution >= 0.6 is 35.3 Å². The van der Waals surface area contributed by atoms with E-state index < -0.39 is 0 Å². The maximum absolute atomic E-state index is 4.37. The third-order valence-electron chi connectivity index (χ3n) is 3.18. The van der Waals surface area contributed by atoms with Crippen molar-refractivity contribution < 1.29 is 0 Å². The van der Waals surface area contributed by atoms with Crippen molar-refractivity contribution in [2.24, 2.45) is 4.99 Å². The zero-order valence-corrected chi connectivity index (χ0v) is 16.3. The molecule has 0 aliphatic rings. The molecule has 0 saturated heterocycles. The SMILES string of the molecule is CN=C(NCCc1ncc(C)s1)NC(C)c1ccccc1.I. The normalized spacial score (nSPS) is 12.4. The summed E-state index contributed by atoms with van der Waals surface area (Å²) in [5.74, 6) is 0.819. The first kappa shape index (κ1) is 18.9. The summed E-state index contributed by atoms with van der Waals surface area (Å²) in [4.78, 5) is 9.89. The smallest absolute Gasteiger partial charge is 0.191 e. The molecule has 2 rings (SSSR count). The fourth-order valence-corrected chi connectivity index (χ4v) is 2.82. The van der Waals surface area contributed by atoms with Gasteiger partial charge in [0.2, 0.25) is 0 Å². The number of aromatic nitrogens is 1. The van der Waals surface area contributed by atoms with Crippen molar-refractivity contribution in [2.45, 2.75) is 26.3 Å². The molecule has 1 atom stereocenters. The van der Waals surface area contributed by atoms with Gasteiger partial charge in [-0.05, 0) is 19.4 Å². The van der Waals surface area contributed by atoms with E-state index >= 15 is 0 Å². The van der Waals surface area contributed by atoms with Crippen molar-refractivity contribution in [3.8, 4) is 0 Å². The van der Waals surface area contributed by atoms with Gasteiger partial charge in [-0.15, -0.1) is 35.3 Å². The quantitative estimate of drug-likeness (QED) is 0.434. The molecule has 0 amide bonds. The molecule has 120 valence electrons. The summed E-state index contributed by atoms with van der Waals surface area (Å²) in [6, 6.07) is 10.6. The minimum Gasteiger partial charge on any atom is -0.356 e. The van der Waals surface area contributed by atoms with Crippen LogP contribution in [0.3, 0.4) is 0 Å². The van der Waals surface area contributed by atoms with Crippen LogP contribution in [0.5, 0.6) is 0 Å². The highest BCUT2D eigenvalue weighted by Gasteiger charge is 2.07. The molecular formula is C16H23IN4S. The standard InChI is InChI=1S/C16H22N4S.HI/c1-12-11-19-15(21-12)9-10-18-16(17-3)20-13(2)14-7-5-4-6-8-14;/h4-8,11,13H,9-10H2,1-3H3,(H2,17,18,20);1H. The second-order valence-corrected chi connectivity index (χ2v) is 6.21. The number of nitrogens with zero attached hydrogens (tertiary/aromatic N) is 2. The Morgan fingerprint density at radius 2 is 2.05 bits per heavy atom. The molecule has 4 nitrogen and oxygen atoms in total. The van der Waals surface area contributed by atoms with E-state index in [9.17, 15) is 0 Å². The predicted molar refractivity (Wildman–Crippen MR) is 105 cm³/mol. The monoisotopic (exact) mass is 430 g/mol. The number of hydrogen-bond acceptors (Lipinski definition) is 3. The molecular weight excluding hydrogens is 407 g/mol. The summed E-state index contributed by atoms with van der Waals surface area (Å²) >= 11 is 1.75. The molecule has 22 heavy (non-hydrogen) atoms. The Balaban J connectivity index is 0.00000242. The first-order chi connectivity index (χ1) is 10.2. The van der Waals surface area contributed by atoms with E-state index in [2.05, 4.69) is 58.7 Å². The molecule has 1 unspecified atom stereocenters. The van der Waals surface area contributed by atoms with E-state index in [0.29, 0.717) is 0 Å². The molecule has 0 spiro atoms. The van der Waals surface area contributed by atoms with Crippen molar-refractivity contribution in [1.29, 1.82) is 0 Å². The number of halogens is 1.